The molecule has 1 aromatic carbocycles. The van der Waals surface area contributed by atoms with Gasteiger partial charge >= 0.3 is 5.97 Å². The third-order valence-electron chi connectivity index (χ3n) is 2.39. The Balaban J connectivity index is 2.91. The van der Waals surface area contributed by atoms with Crippen LogP contribution in [0.25, 0.3) is 0 Å². The Bertz CT molecular complexity index is 405. The third-order valence-corrected chi connectivity index (χ3v) is 2.39. The molecule has 1 rings (SSSR count). The maximum absolute atomic E-state index is 11.3. The minimum absolute atomic E-state index is 0.145. The van der Waals surface area contributed by atoms with Crippen molar-refractivity contribution in [1.82, 2.24) is 0 Å². The average molecular weight is 239 g/mol. The van der Waals surface area contributed by atoms with Gasteiger partial charge in [-0.05, 0) is 19.9 Å². The van der Waals surface area contributed by atoms with Crippen LogP contribution < -0.4 is 5.73 Å². The monoisotopic (exact) mass is 239 g/mol. The van der Waals surface area contributed by atoms with E-state index in [0.717, 1.165) is 5.56 Å². The molecule has 0 heterocycles. The summed E-state index contributed by atoms with van der Waals surface area (Å²) in [5.74, 6) is -0.860. The minimum atomic E-state index is -1.63. The summed E-state index contributed by atoms with van der Waals surface area (Å²) in [4.78, 5) is 11.3. The predicted octanol–water partition coefficient (Wildman–Crippen LogP) is 0.535. The molecule has 94 valence electrons. The number of hydrogen-bond donors (Lipinski definition) is 3. The van der Waals surface area contributed by atoms with E-state index in [1.807, 2.05) is 6.92 Å². The lowest BCUT2D eigenvalue weighted by atomic mass is 10.0. The molecule has 0 bridgehead atoms. The number of carbonyl (C=O) groups excluding carboxylic acids is 1. The molecule has 2 atom stereocenters. The average Bonchev–Trinajstić information content (AvgIpc) is 2.30. The van der Waals surface area contributed by atoms with Gasteiger partial charge in [-0.1, -0.05) is 17.7 Å². The molecule has 2 unspecified atom stereocenters. The van der Waals surface area contributed by atoms with Crippen molar-refractivity contribution in [2.75, 3.05) is 12.3 Å². The maximum Gasteiger partial charge on any atom is 0.338 e. The van der Waals surface area contributed by atoms with Crippen LogP contribution in [0.3, 0.4) is 0 Å². The summed E-state index contributed by atoms with van der Waals surface area (Å²) in [7, 11) is 0. The molecule has 5 nitrogen and oxygen atoms in total. The number of nitrogen functional groups attached to an aromatic ring is 1. The van der Waals surface area contributed by atoms with Crippen molar-refractivity contribution in [1.29, 1.82) is 0 Å². The largest absolute Gasteiger partial charge is 0.464 e. The number of rotatable bonds is 4. The summed E-state index contributed by atoms with van der Waals surface area (Å²) in [6.45, 7) is 3.59. The molecule has 0 aliphatic heterocycles. The zero-order chi connectivity index (χ0) is 13.0. The topological polar surface area (TPSA) is 92.8 Å². The Hall–Kier alpha value is -1.59. The molecule has 0 aliphatic carbocycles. The lowest BCUT2D eigenvalue weighted by Gasteiger charge is -2.18. The Kier molecular flexibility index (Phi) is 4.48. The van der Waals surface area contributed by atoms with Crippen molar-refractivity contribution in [2.45, 2.75) is 26.1 Å². The second-order valence-electron chi connectivity index (χ2n) is 3.77. The molecule has 1 aromatic rings. The molecule has 4 N–H and O–H groups in total. The van der Waals surface area contributed by atoms with Gasteiger partial charge in [0.15, 0.2) is 6.10 Å². The number of benzene rings is 1. The molecule has 0 amide bonds. The fourth-order valence-electron chi connectivity index (χ4n) is 1.48. The van der Waals surface area contributed by atoms with E-state index in [0.29, 0.717) is 11.3 Å². The second kappa shape index (κ2) is 5.65. The highest BCUT2D eigenvalue weighted by Gasteiger charge is 2.28. The number of aliphatic hydroxyl groups excluding tert-OH is 2. The van der Waals surface area contributed by atoms with Crippen molar-refractivity contribution in [3.8, 4) is 0 Å². The Labute approximate surface area is 99.8 Å². The highest BCUT2D eigenvalue weighted by atomic mass is 16.5. The quantitative estimate of drug-likeness (QED) is 0.526. The van der Waals surface area contributed by atoms with E-state index in [9.17, 15) is 15.0 Å². The van der Waals surface area contributed by atoms with Crippen LogP contribution >= 0.6 is 0 Å². The second-order valence-corrected chi connectivity index (χ2v) is 3.77. The van der Waals surface area contributed by atoms with Crippen LogP contribution in [0.5, 0.6) is 0 Å². The maximum atomic E-state index is 11.3. The summed E-state index contributed by atoms with van der Waals surface area (Å²) < 4.78 is 4.63. The van der Waals surface area contributed by atoms with Gasteiger partial charge in [-0.25, -0.2) is 4.79 Å². The number of nitrogens with two attached hydrogens (primary N) is 1. The van der Waals surface area contributed by atoms with Gasteiger partial charge in [0, 0.05) is 11.3 Å². The van der Waals surface area contributed by atoms with Crippen molar-refractivity contribution >= 4 is 11.7 Å². The van der Waals surface area contributed by atoms with Gasteiger partial charge in [0.25, 0.3) is 0 Å². The van der Waals surface area contributed by atoms with Gasteiger partial charge < -0.3 is 20.7 Å². The van der Waals surface area contributed by atoms with Gasteiger partial charge in [-0.2, -0.15) is 0 Å². The van der Waals surface area contributed by atoms with Crippen molar-refractivity contribution < 1.29 is 19.7 Å². The Morgan fingerprint density at radius 1 is 1.47 bits per heavy atom. The van der Waals surface area contributed by atoms with E-state index in [4.69, 9.17) is 5.73 Å². The summed E-state index contributed by atoms with van der Waals surface area (Å²) in [5.41, 5.74) is 7.21. The molecule has 0 spiro atoms. The molecular weight excluding hydrogens is 222 g/mol. The van der Waals surface area contributed by atoms with E-state index in [1.165, 1.54) is 0 Å². The molecule has 0 saturated heterocycles. The number of carbonyl (C=O) groups is 1. The number of anilines is 1. The van der Waals surface area contributed by atoms with Gasteiger partial charge in [-0.15, -0.1) is 0 Å². The van der Waals surface area contributed by atoms with Crippen molar-refractivity contribution in [3.63, 3.8) is 0 Å². The first-order chi connectivity index (χ1) is 7.97. The summed E-state index contributed by atoms with van der Waals surface area (Å²) in [6.07, 6.45) is -3.01. The van der Waals surface area contributed by atoms with Crippen LogP contribution in [0, 0.1) is 6.92 Å². The van der Waals surface area contributed by atoms with E-state index < -0.39 is 18.2 Å². The van der Waals surface area contributed by atoms with Gasteiger partial charge in [0.2, 0.25) is 0 Å². The zero-order valence-corrected chi connectivity index (χ0v) is 9.88. The summed E-state index contributed by atoms with van der Waals surface area (Å²) in [5, 5.41) is 19.5. The molecule has 0 aliphatic rings. The molecule has 0 aromatic heterocycles. The lowest BCUT2D eigenvalue weighted by molar-refractivity contribution is -0.159. The standard InChI is InChI=1S/C12H17NO4/c1-3-17-12(16)11(15)10(14)8-6-7(2)4-5-9(8)13/h4-6,10-11,14-15H,3,13H2,1-2H3. The van der Waals surface area contributed by atoms with E-state index in [-0.39, 0.29) is 6.61 Å². The van der Waals surface area contributed by atoms with Crippen LogP contribution in [0.1, 0.15) is 24.2 Å². The molecular formula is C12H17NO4. The molecule has 0 radical (unpaired) electrons. The smallest absolute Gasteiger partial charge is 0.338 e. The third kappa shape index (κ3) is 3.18. The number of aryl methyl sites for hydroxylation is 1. The number of esters is 1. The zero-order valence-electron chi connectivity index (χ0n) is 9.88. The Morgan fingerprint density at radius 2 is 2.12 bits per heavy atom. The SMILES string of the molecule is CCOC(=O)C(O)C(O)c1cc(C)ccc1N. The molecule has 0 saturated carbocycles. The fourth-order valence-corrected chi connectivity index (χ4v) is 1.48. The van der Waals surface area contributed by atoms with Crippen molar-refractivity contribution in [2.24, 2.45) is 0 Å². The lowest BCUT2D eigenvalue weighted by Crippen LogP contribution is -2.30. The molecule has 5 heteroatoms. The van der Waals surface area contributed by atoms with Crippen molar-refractivity contribution in [3.05, 3.63) is 29.3 Å². The first kappa shape index (κ1) is 13.5. The van der Waals surface area contributed by atoms with E-state index in [2.05, 4.69) is 4.74 Å². The summed E-state index contributed by atoms with van der Waals surface area (Å²) in [6, 6.07) is 5.02. The predicted molar refractivity (Wildman–Crippen MR) is 63.2 cm³/mol. The van der Waals surface area contributed by atoms with Gasteiger partial charge in [0.1, 0.15) is 6.10 Å². The van der Waals surface area contributed by atoms with Crippen LogP contribution in [-0.2, 0) is 9.53 Å². The number of hydrogen-bond acceptors (Lipinski definition) is 5. The molecule has 17 heavy (non-hydrogen) atoms. The molecule has 0 fully saturated rings. The first-order valence-electron chi connectivity index (χ1n) is 5.36. The van der Waals surface area contributed by atoms with Crippen LogP contribution in [-0.4, -0.2) is 28.9 Å². The van der Waals surface area contributed by atoms with Gasteiger partial charge in [0.05, 0.1) is 6.61 Å². The van der Waals surface area contributed by atoms with E-state index >= 15 is 0 Å². The summed E-state index contributed by atoms with van der Waals surface area (Å²) >= 11 is 0. The number of aliphatic hydroxyl groups is 2. The minimum Gasteiger partial charge on any atom is -0.464 e. The van der Waals surface area contributed by atoms with Gasteiger partial charge in [-0.3, -0.25) is 0 Å². The first-order valence-corrected chi connectivity index (χ1v) is 5.36. The fraction of sp³-hybridized carbons (Fsp3) is 0.417. The highest BCUT2D eigenvalue weighted by Crippen LogP contribution is 2.24. The van der Waals surface area contributed by atoms with Crippen LogP contribution in [0.4, 0.5) is 5.69 Å². The normalized spacial score (nSPS) is 14.1. The van der Waals surface area contributed by atoms with E-state index in [1.54, 1.807) is 25.1 Å². The highest BCUT2D eigenvalue weighted by molar-refractivity contribution is 5.76. The number of ether oxygens (including phenoxy) is 1. The Morgan fingerprint density at radius 3 is 2.71 bits per heavy atom. The van der Waals surface area contributed by atoms with Crippen LogP contribution in [0.15, 0.2) is 18.2 Å². The van der Waals surface area contributed by atoms with Crippen LogP contribution in [0.2, 0.25) is 0 Å².